The third-order valence-electron chi connectivity index (χ3n) is 2.57. The Labute approximate surface area is 110 Å². The number of ether oxygens (including phenoxy) is 1. The van der Waals surface area contributed by atoms with E-state index in [2.05, 4.69) is 4.79 Å². The molecule has 0 atom stereocenters. The average Bonchev–Trinajstić information content (AvgIpc) is 2.43. The third kappa shape index (κ3) is 3.15. The van der Waals surface area contributed by atoms with Crippen molar-refractivity contribution in [3.05, 3.63) is 71.3 Å². The normalized spacial score (nSPS) is 9.53. The first-order chi connectivity index (χ1) is 9.20. The van der Waals surface area contributed by atoms with E-state index in [1.165, 1.54) is 0 Å². The minimum Gasteiger partial charge on any atom is -0.418 e. The molecule has 0 unspecified atom stereocenters. The highest BCUT2D eigenvalue weighted by atomic mass is 16.5. The Morgan fingerprint density at radius 1 is 1.05 bits per heavy atom. The predicted molar refractivity (Wildman–Crippen MR) is 71.0 cm³/mol. The van der Waals surface area contributed by atoms with Gasteiger partial charge in [0.05, 0.1) is 5.56 Å². The number of carbonyl (C=O) groups is 1. The molecular formula is C15H12N2O2. The van der Waals surface area contributed by atoms with E-state index in [0.29, 0.717) is 11.3 Å². The van der Waals surface area contributed by atoms with Crippen LogP contribution in [0.1, 0.15) is 11.1 Å². The van der Waals surface area contributed by atoms with Gasteiger partial charge in [-0.15, -0.1) is 0 Å². The van der Waals surface area contributed by atoms with Crippen molar-refractivity contribution in [1.29, 1.82) is 0 Å². The Balaban J connectivity index is 2.21. The summed E-state index contributed by atoms with van der Waals surface area (Å²) < 4.78 is 5.12. The van der Waals surface area contributed by atoms with Crippen LogP contribution < -0.4 is 4.74 Å². The van der Waals surface area contributed by atoms with Gasteiger partial charge in [-0.1, -0.05) is 35.9 Å². The predicted octanol–water partition coefficient (Wildman–Crippen LogP) is 2.62. The molecule has 0 aromatic heterocycles. The van der Waals surface area contributed by atoms with Crippen LogP contribution in [-0.4, -0.2) is 16.5 Å². The minimum absolute atomic E-state index is 0.121. The highest BCUT2D eigenvalue weighted by Gasteiger charge is 2.25. The molecule has 0 saturated heterocycles. The van der Waals surface area contributed by atoms with Gasteiger partial charge < -0.3 is 10.3 Å². The maximum Gasteiger partial charge on any atom is 0.427 e. The van der Waals surface area contributed by atoms with E-state index >= 15 is 0 Å². The Morgan fingerprint density at radius 2 is 1.68 bits per heavy atom. The largest absolute Gasteiger partial charge is 0.427 e. The van der Waals surface area contributed by atoms with Crippen molar-refractivity contribution in [2.45, 2.75) is 6.92 Å². The standard InChI is InChI=1S/C15H12N2O2/c1-11-7-9-12(10-8-11)14(17-16)15(18)19-13-5-3-2-4-6-13/h2-10H,1H3. The van der Waals surface area contributed by atoms with E-state index < -0.39 is 5.97 Å². The minimum atomic E-state index is -0.697. The summed E-state index contributed by atoms with van der Waals surface area (Å²) >= 11 is 0. The molecule has 2 aromatic carbocycles. The van der Waals surface area contributed by atoms with Crippen molar-refractivity contribution in [2.24, 2.45) is 0 Å². The van der Waals surface area contributed by atoms with Crippen LogP contribution in [-0.2, 0) is 4.79 Å². The molecule has 19 heavy (non-hydrogen) atoms. The van der Waals surface area contributed by atoms with Crippen LogP contribution in [0.5, 0.6) is 5.75 Å². The zero-order valence-electron chi connectivity index (χ0n) is 10.4. The lowest BCUT2D eigenvalue weighted by Crippen LogP contribution is -2.22. The van der Waals surface area contributed by atoms with E-state index in [4.69, 9.17) is 10.3 Å². The topological polar surface area (TPSA) is 62.7 Å². The molecular weight excluding hydrogens is 240 g/mol. The summed E-state index contributed by atoms with van der Waals surface area (Å²) in [4.78, 5) is 14.9. The number of para-hydroxylation sites is 1. The number of carbonyl (C=O) groups excluding carboxylic acids is 1. The number of aryl methyl sites for hydroxylation is 1. The van der Waals surface area contributed by atoms with Gasteiger partial charge in [-0.25, -0.2) is 4.79 Å². The van der Waals surface area contributed by atoms with Gasteiger partial charge in [0.2, 0.25) is 0 Å². The van der Waals surface area contributed by atoms with Crippen molar-refractivity contribution in [3.63, 3.8) is 0 Å². The number of hydrogen-bond acceptors (Lipinski definition) is 2. The summed E-state index contributed by atoms with van der Waals surface area (Å²) in [6.07, 6.45) is 0. The van der Waals surface area contributed by atoms with Gasteiger partial charge in [-0.05, 0) is 31.2 Å². The maximum absolute atomic E-state index is 11.9. The number of esters is 1. The zero-order valence-corrected chi connectivity index (χ0v) is 10.4. The fourth-order valence-electron chi connectivity index (χ4n) is 1.57. The molecule has 0 heterocycles. The molecule has 0 saturated carbocycles. The van der Waals surface area contributed by atoms with Crippen LogP contribution in [0.4, 0.5) is 0 Å². The molecule has 0 amide bonds. The lowest BCUT2D eigenvalue weighted by Gasteiger charge is -2.01. The smallest absolute Gasteiger partial charge is 0.418 e. The molecule has 0 bridgehead atoms. The summed E-state index contributed by atoms with van der Waals surface area (Å²) in [6, 6.07) is 15.7. The van der Waals surface area contributed by atoms with Crippen molar-refractivity contribution in [2.75, 3.05) is 0 Å². The molecule has 0 aliphatic rings. The van der Waals surface area contributed by atoms with Crippen molar-refractivity contribution < 1.29 is 14.3 Å². The average molecular weight is 252 g/mol. The molecule has 0 fully saturated rings. The van der Waals surface area contributed by atoms with Crippen LogP contribution in [0.15, 0.2) is 54.6 Å². The van der Waals surface area contributed by atoms with Crippen LogP contribution in [0.25, 0.3) is 5.53 Å². The number of rotatable bonds is 3. The van der Waals surface area contributed by atoms with Crippen LogP contribution in [0, 0.1) is 6.92 Å². The Morgan fingerprint density at radius 3 is 2.26 bits per heavy atom. The molecule has 2 rings (SSSR count). The second-order valence-corrected chi connectivity index (χ2v) is 4.02. The number of nitrogens with zero attached hydrogens (tertiary/aromatic N) is 2. The van der Waals surface area contributed by atoms with Crippen LogP contribution in [0.2, 0.25) is 0 Å². The van der Waals surface area contributed by atoms with Gasteiger partial charge in [-0.2, -0.15) is 4.79 Å². The molecule has 0 aliphatic carbocycles. The zero-order chi connectivity index (χ0) is 13.7. The van der Waals surface area contributed by atoms with E-state index in [1.54, 1.807) is 36.4 Å². The first-order valence-electron chi connectivity index (χ1n) is 5.77. The van der Waals surface area contributed by atoms with Gasteiger partial charge in [-0.3, -0.25) is 0 Å². The van der Waals surface area contributed by atoms with Gasteiger partial charge in [0.1, 0.15) is 5.75 Å². The highest BCUT2D eigenvalue weighted by molar-refractivity contribution is 6.41. The second kappa shape index (κ2) is 5.76. The molecule has 0 radical (unpaired) electrons. The van der Waals surface area contributed by atoms with Gasteiger partial charge in [0.25, 0.3) is 0 Å². The summed E-state index contributed by atoms with van der Waals surface area (Å²) in [5.74, 6) is -0.293. The van der Waals surface area contributed by atoms with Crippen molar-refractivity contribution >= 4 is 11.7 Å². The second-order valence-electron chi connectivity index (χ2n) is 4.02. The van der Waals surface area contributed by atoms with Gasteiger partial charge in [0.15, 0.2) is 0 Å². The summed E-state index contributed by atoms with van der Waals surface area (Å²) in [5, 5.41) is 0. The van der Waals surface area contributed by atoms with Gasteiger partial charge in [0, 0.05) is 0 Å². The quantitative estimate of drug-likeness (QED) is 0.277. The van der Waals surface area contributed by atoms with Crippen LogP contribution >= 0.6 is 0 Å². The highest BCUT2D eigenvalue weighted by Crippen LogP contribution is 2.10. The molecule has 2 aromatic rings. The van der Waals surface area contributed by atoms with E-state index in [9.17, 15) is 4.79 Å². The number of benzene rings is 2. The molecule has 0 aliphatic heterocycles. The van der Waals surface area contributed by atoms with E-state index in [1.807, 2.05) is 25.1 Å². The molecule has 0 spiro atoms. The summed E-state index contributed by atoms with van der Waals surface area (Å²) in [5.41, 5.74) is 10.4. The lowest BCUT2D eigenvalue weighted by molar-refractivity contribution is -0.131. The van der Waals surface area contributed by atoms with E-state index in [0.717, 1.165) is 5.56 Å². The lowest BCUT2D eigenvalue weighted by atomic mass is 10.1. The van der Waals surface area contributed by atoms with Crippen molar-refractivity contribution in [3.8, 4) is 5.75 Å². The monoisotopic (exact) mass is 252 g/mol. The summed E-state index contributed by atoms with van der Waals surface area (Å²) in [6.45, 7) is 1.93. The molecule has 4 heteroatoms. The number of hydrogen-bond donors (Lipinski definition) is 0. The molecule has 0 N–H and O–H groups in total. The van der Waals surface area contributed by atoms with Gasteiger partial charge >= 0.3 is 11.7 Å². The Hall–Kier alpha value is -2.71. The fourth-order valence-corrected chi connectivity index (χ4v) is 1.57. The first-order valence-corrected chi connectivity index (χ1v) is 5.77. The SMILES string of the molecule is Cc1ccc(C(=[N+]=[N-])C(=O)Oc2ccccc2)cc1. The van der Waals surface area contributed by atoms with E-state index in [-0.39, 0.29) is 5.71 Å². The maximum atomic E-state index is 11.9. The molecule has 94 valence electrons. The van der Waals surface area contributed by atoms with Crippen molar-refractivity contribution in [1.82, 2.24) is 0 Å². The third-order valence-corrected chi connectivity index (χ3v) is 2.57. The first kappa shape index (κ1) is 12.7. The fraction of sp³-hybridized carbons (Fsp3) is 0.0667. The Bertz CT molecular complexity index is 627. The Kier molecular flexibility index (Phi) is 3.86. The summed E-state index contributed by atoms with van der Waals surface area (Å²) in [7, 11) is 0. The van der Waals surface area contributed by atoms with Crippen LogP contribution in [0.3, 0.4) is 0 Å². The molecule has 4 nitrogen and oxygen atoms in total.